The van der Waals surface area contributed by atoms with E-state index >= 15 is 0 Å². The number of anilines is 1. The molecule has 5 aromatic rings. The van der Waals surface area contributed by atoms with Crippen molar-refractivity contribution in [3.8, 4) is 22.4 Å². The van der Waals surface area contributed by atoms with E-state index in [1.54, 1.807) is 12.1 Å². The molecule has 5 rings (SSSR count). The summed E-state index contributed by atoms with van der Waals surface area (Å²) in [5.74, 6) is 0. The fraction of sp³-hybridized carbons (Fsp3) is 0.0400. The number of nitrogens with zero attached hydrogens (tertiary/aromatic N) is 3. The maximum absolute atomic E-state index is 13.0. The number of H-pyrrole nitrogens is 1. The third kappa shape index (κ3) is 4.12. The lowest BCUT2D eigenvalue weighted by atomic mass is 10.0. The SMILES string of the molecule is O=c1cc(-c2ccc(N(O)O)cc2)nc2c(-c3ccc(Cl)cc3)c(Cc3ccccc3)[nH]n12. The zero-order valence-corrected chi connectivity index (χ0v) is 18.1. The Labute approximate surface area is 193 Å². The van der Waals surface area contributed by atoms with Gasteiger partial charge in [0.2, 0.25) is 0 Å². The van der Waals surface area contributed by atoms with Crippen molar-refractivity contribution in [1.29, 1.82) is 0 Å². The van der Waals surface area contributed by atoms with Gasteiger partial charge in [-0.25, -0.2) is 9.50 Å². The molecule has 3 aromatic carbocycles. The van der Waals surface area contributed by atoms with Gasteiger partial charge in [-0.2, -0.15) is 0 Å². The van der Waals surface area contributed by atoms with Crippen LogP contribution in [0.3, 0.4) is 0 Å². The number of nitrogens with one attached hydrogen (secondary N) is 1. The molecule has 7 nitrogen and oxygen atoms in total. The molecule has 0 amide bonds. The maximum Gasteiger partial charge on any atom is 0.273 e. The Balaban J connectivity index is 1.70. The van der Waals surface area contributed by atoms with E-state index in [4.69, 9.17) is 16.6 Å². The largest absolute Gasteiger partial charge is 0.293 e. The van der Waals surface area contributed by atoms with Gasteiger partial charge in [0.05, 0.1) is 11.4 Å². The normalized spacial score (nSPS) is 11.1. The topological polar surface area (TPSA) is 93.9 Å². The van der Waals surface area contributed by atoms with E-state index in [1.165, 1.54) is 22.7 Å². The van der Waals surface area contributed by atoms with Crippen molar-refractivity contribution in [1.82, 2.24) is 14.6 Å². The van der Waals surface area contributed by atoms with Crippen LogP contribution in [0.5, 0.6) is 0 Å². The molecule has 0 bridgehead atoms. The van der Waals surface area contributed by atoms with E-state index in [1.807, 2.05) is 54.6 Å². The third-order valence-electron chi connectivity index (χ3n) is 5.44. The number of fused-ring (bicyclic) bond motifs is 1. The first kappa shape index (κ1) is 21.0. The number of rotatable bonds is 5. The molecule has 0 fully saturated rings. The molecule has 3 N–H and O–H groups in total. The zero-order chi connectivity index (χ0) is 22.9. The standard InChI is InChI=1S/C25H19ClN4O3/c26-19-10-6-18(7-11-19)24-22(14-16-4-2-1-3-5-16)28-29-23(31)15-21(27-25(24)29)17-8-12-20(13-9-17)30(32)33/h1-13,15,28,32-33H,14H2. The molecule has 8 heteroatoms. The van der Waals surface area contributed by atoms with Crippen molar-refractivity contribution < 1.29 is 10.4 Å². The van der Waals surface area contributed by atoms with Crippen LogP contribution < -0.4 is 10.8 Å². The molecular formula is C25H19ClN4O3. The van der Waals surface area contributed by atoms with E-state index in [-0.39, 0.29) is 16.5 Å². The van der Waals surface area contributed by atoms with Crippen molar-refractivity contribution in [2.75, 3.05) is 5.23 Å². The molecular weight excluding hydrogens is 440 g/mol. The van der Waals surface area contributed by atoms with Crippen LogP contribution in [0.25, 0.3) is 28.0 Å². The highest BCUT2D eigenvalue weighted by Crippen LogP contribution is 2.31. The summed E-state index contributed by atoms with van der Waals surface area (Å²) in [4.78, 5) is 17.8. The molecule has 0 atom stereocenters. The minimum absolute atomic E-state index is 0.0376. The molecule has 33 heavy (non-hydrogen) atoms. The highest BCUT2D eigenvalue weighted by molar-refractivity contribution is 6.30. The lowest BCUT2D eigenvalue weighted by Gasteiger charge is -2.08. The molecule has 0 aliphatic carbocycles. The number of halogens is 1. The van der Waals surface area contributed by atoms with Gasteiger partial charge < -0.3 is 0 Å². The molecule has 164 valence electrons. The van der Waals surface area contributed by atoms with Crippen molar-refractivity contribution in [3.05, 3.63) is 112 Å². The molecule has 2 heterocycles. The van der Waals surface area contributed by atoms with Crippen LogP contribution >= 0.6 is 11.6 Å². The predicted octanol–water partition coefficient (Wildman–Crippen LogP) is 5.19. The minimum Gasteiger partial charge on any atom is -0.293 e. The Bertz CT molecular complexity index is 1480. The van der Waals surface area contributed by atoms with Crippen LogP contribution in [0.15, 0.2) is 89.7 Å². The molecule has 0 aliphatic rings. The van der Waals surface area contributed by atoms with Gasteiger partial charge in [0.1, 0.15) is 0 Å². The van der Waals surface area contributed by atoms with Crippen molar-refractivity contribution in [3.63, 3.8) is 0 Å². The van der Waals surface area contributed by atoms with Crippen molar-refractivity contribution in [2.24, 2.45) is 0 Å². The first-order valence-electron chi connectivity index (χ1n) is 10.2. The van der Waals surface area contributed by atoms with Crippen LogP contribution in [0.1, 0.15) is 11.3 Å². The molecule has 0 saturated heterocycles. The summed E-state index contributed by atoms with van der Waals surface area (Å²) in [6.07, 6.45) is 0.592. The van der Waals surface area contributed by atoms with Crippen LogP contribution in [-0.2, 0) is 6.42 Å². The second kappa shape index (κ2) is 8.55. The highest BCUT2D eigenvalue weighted by atomic mass is 35.5. The van der Waals surface area contributed by atoms with Crippen LogP contribution in [0, 0.1) is 0 Å². The zero-order valence-electron chi connectivity index (χ0n) is 17.3. The Hall–Kier alpha value is -3.91. The summed E-state index contributed by atoms with van der Waals surface area (Å²) in [5.41, 5.74) is 5.27. The van der Waals surface area contributed by atoms with Gasteiger partial charge in [0.15, 0.2) is 5.65 Å². The Morgan fingerprint density at radius 3 is 2.24 bits per heavy atom. The molecule has 0 aliphatic heterocycles. The summed E-state index contributed by atoms with van der Waals surface area (Å²) in [6.45, 7) is 0. The highest BCUT2D eigenvalue weighted by Gasteiger charge is 2.18. The first-order valence-corrected chi connectivity index (χ1v) is 10.6. The monoisotopic (exact) mass is 458 g/mol. The maximum atomic E-state index is 13.0. The lowest BCUT2D eigenvalue weighted by Crippen LogP contribution is -2.14. The summed E-state index contributed by atoms with van der Waals surface area (Å²) in [7, 11) is 0. The average Bonchev–Trinajstić information content (AvgIpc) is 3.19. The molecule has 0 saturated carbocycles. The molecule has 2 aromatic heterocycles. The van der Waals surface area contributed by atoms with Gasteiger partial charge in [-0.15, -0.1) is 5.23 Å². The van der Waals surface area contributed by atoms with E-state index in [2.05, 4.69) is 5.10 Å². The number of aromatic nitrogens is 3. The fourth-order valence-corrected chi connectivity index (χ4v) is 3.97. The number of hydrogen-bond donors (Lipinski definition) is 3. The van der Waals surface area contributed by atoms with Crippen LogP contribution in [0.2, 0.25) is 5.02 Å². The van der Waals surface area contributed by atoms with Gasteiger partial charge in [0.25, 0.3) is 5.56 Å². The summed E-state index contributed by atoms with van der Waals surface area (Å²) >= 11 is 6.11. The van der Waals surface area contributed by atoms with E-state index in [0.717, 1.165) is 22.4 Å². The summed E-state index contributed by atoms with van der Waals surface area (Å²) in [5, 5.41) is 22.3. The van der Waals surface area contributed by atoms with Crippen LogP contribution in [-0.4, -0.2) is 25.0 Å². The first-order chi connectivity index (χ1) is 16.0. The summed E-state index contributed by atoms with van der Waals surface area (Å²) < 4.78 is 1.45. The van der Waals surface area contributed by atoms with Gasteiger partial charge in [-0.05, 0) is 35.4 Å². The second-order valence-corrected chi connectivity index (χ2v) is 8.05. The predicted molar refractivity (Wildman–Crippen MR) is 127 cm³/mol. The fourth-order valence-electron chi connectivity index (χ4n) is 3.85. The quantitative estimate of drug-likeness (QED) is 0.315. The lowest BCUT2D eigenvalue weighted by molar-refractivity contribution is 0.0292. The number of aromatic amines is 1. The summed E-state index contributed by atoms with van der Waals surface area (Å²) in [6, 6.07) is 25.3. The smallest absolute Gasteiger partial charge is 0.273 e. The number of hydrogen-bond acceptors (Lipinski definition) is 5. The van der Waals surface area contributed by atoms with Crippen molar-refractivity contribution >= 4 is 22.9 Å². The van der Waals surface area contributed by atoms with Gasteiger partial charge in [-0.1, -0.05) is 66.2 Å². The molecule has 0 unspecified atom stereocenters. The van der Waals surface area contributed by atoms with Gasteiger partial charge in [0, 0.05) is 34.3 Å². The molecule has 0 radical (unpaired) electrons. The van der Waals surface area contributed by atoms with E-state index in [0.29, 0.717) is 28.3 Å². The average molecular weight is 459 g/mol. The second-order valence-electron chi connectivity index (χ2n) is 7.61. The Kier molecular flexibility index (Phi) is 5.43. The minimum atomic E-state index is -0.250. The van der Waals surface area contributed by atoms with E-state index in [9.17, 15) is 15.2 Å². The van der Waals surface area contributed by atoms with Gasteiger partial charge in [-0.3, -0.25) is 20.3 Å². The molecule has 0 spiro atoms. The van der Waals surface area contributed by atoms with Crippen LogP contribution in [0.4, 0.5) is 5.69 Å². The van der Waals surface area contributed by atoms with Crippen molar-refractivity contribution in [2.45, 2.75) is 6.42 Å². The van der Waals surface area contributed by atoms with E-state index < -0.39 is 0 Å². The Morgan fingerprint density at radius 2 is 1.58 bits per heavy atom. The van der Waals surface area contributed by atoms with Gasteiger partial charge >= 0.3 is 0 Å². The third-order valence-corrected chi connectivity index (χ3v) is 5.69. The Morgan fingerprint density at radius 1 is 0.909 bits per heavy atom. The number of benzene rings is 3.